The highest BCUT2D eigenvalue weighted by atomic mass is 16.5. The highest BCUT2D eigenvalue weighted by Gasteiger charge is 2.27. The molecule has 1 aliphatic rings. The van der Waals surface area contributed by atoms with Gasteiger partial charge in [-0.05, 0) is 25.1 Å². The van der Waals surface area contributed by atoms with Crippen LogP contribution in [0.25, 0.3) is 0 Å². The van der Waals surface area contributed by atoms with Crippen LogP contribution in [0.15, 0.2) is 18.2 Å². The fraction of sp³-hybridized carbons (Fsp3) is 0.500. The summed E-state index contributed by atoms with van der Waals surface area (Å²) in [6, 6.07) is 4.49. The van der Waals surface area contributed by atoms with Crippen LogP contribution in [0.4, 0.5) is 0 Å². The Labute approximate surface area is 118 Å². The highest BCUT2D eigenvalue weighted by molar-refractivity contribution is 5.97. The summed E-state index contributed by atoms with van der Waals surface area (Å²) in [4.78, 5) is 12.2. The lowest BCUT2D eigenvalue weighted by Gasteiger charge is -2.31. The summed E-state index contributed by atoms with van der Waals surface area (Å²) < 4.78 is 10.4. The van der Waals surface area contributed by atoms with Crippen LogP contribution in [0.5, 0.6) is 11.5 Å². The summed E-state index contributed by atoms with van der Waals surface area (Å²) in [5.74, 6) is 0.0913. The van der Waals surface area contributed by atoms with E-state index in [1.165, 1.54) is 13.2 Å². The Hall–Kier alpha value is -1.79. The van der Waals surface area contributed by atoms with Crippen LogP contribution in [0, 0.1) is 0 Å². The SMILES string of the molecule is COc1ccc(C(=O)N[C@H]2CNCC[C@H]2OC)c(O)c1. The molecule has 6 nitrogen and oxygen atoms in total. The van der Waals surface area contributed by atoms with Crippen LogP contribution in [-0.4, -0.2) is 50.5 Å². The molecule has 1 heterocycles. The Morgan fingerprint density at radius 1 is 1.45 bits per heavy atom. The zero-order chi connectivity index (χ0) is 14.5. The molecule has 1 aromatic rings. The number of phenolic OH excluding ortho intramolecular Hbond substituents is 1. The number of amides is 1. The molecule has 0 unspecified atom stereocenters. The maximum Gasteiger partial charge on any atom is 0.255 e. The third-order valence-corrected chi connectivity index (χ3v) is 3.49. The predicted octanol–water partition coefficient (Wildman–Crippen LogP) is 0.507. The molecular formula is C14H20N2O4. The fourth-order valence-electron chi connectivity index (χ4n) is 2.34. The number of carbonyl (C=O) groups excluding carboxylic acids is 1. The number of hydrogen-bond acceptors (Lipinski definition) is 5. The molecule has 1 saturated heterocycles. The Kier molecular flexibility index (Phi) is 4.81. The third-order valence-electron chi connectivity index (χ3n) is 3.49. The van der Waals surface area contributed by atoms with Crippen LogP contribution >= 0.6 is 0 Å². The first kappa shape index (κ1) is 14.6. The average molecular weight is 280 g/mol. The molecule has 1 fully saturated rings. The number of carbonyl (C=O) groups is 1. The Morgan fingerprint density at radius 3 is 2.90 bits per heavy atom. The Bertz CT molecular complexity index is 478. The van der Waals surface area contributed by atoms with Gasteiger partial charge in [-0.2, -0.15) is 0 Å². The molecule has 1 aromatic carbocycles. The molecule has 20 heavy (non-hydrogen) atoms. The number of nitrogens with one attached hydrogen (secondary N) is 2. The molecule has 1 aliphatic heterocycles. The van der Waals surface area contributed by atoms with E-state index in [2.05, 4.69) is 10.6 Å². The summed E-state index contributed by atoms with van der Waals surface area (Å²) in [5, 5.41) is 16.0. The number of phenols is 1. The predicted molar refractivity (Wildman–Crippen MR) is 74.2 cm³/mol. The molecule has 1 amide bonds. The van der Waals surface area contributed by atoms with Gasteiger partial charge in [-0.25, -0.2) is 0 Å². The molecule has 0 radical (unpaired) electrons. The molecular weight excluding hydrogens is 260 g/mol. The van der Waals surface area contributed by atoms with Gasteiger partial charge < -0.3 is 25.2 Å². The quantitative estimate of drug-likeness (QED) is 0.749. The first-order valence-electron chi connectivity index (χ1n) is 6.57. The molecule has 2 atom stereocenters. The molecule has 0 aliphatic carbocycles. The van der Waals surface area contributed by atoms with Crippen molar-refractivity contribution in [3.05, 3.63) is 23.8 Å². The first-order valence-corrected chi connectivity index (χ1v) is 6.57. The average Bonchev–Trinajstić information content (AvgIpc) is 2.47. The van der Waals surface area contributed by atoms with Crippen molar-refractivity contribution in [1.82, 2.24) is 10.6 Å². The first-order chi connectivity index (χ1) is 9.65. The smallest absolute Gasteiger partial charge is 0.255 e. The van der Waals surface area contributed by atoms with Gasteiger partial charge in [0.05, 0.1) is 24.8 Å². The lowest BCUT2D eigenvalue weighted by atomic mass is 10.0. The van der Waals surface area contributed by atoms with E-state index in [0.29, 0.717) is 12.3 Å². The van der Waals surface area contributed by atoms with Crippen molar-refractivity contribution in [1.29, 1.82) is 0 Å². The number of ether oxygens (including phenoxy) is 2. The van der Waals surface area contributed by atoms with Gasteiger partial charge in [0.2, 0.25) is 0 Å². The number of piperidine rings is 1. The Balaban J connectivity index is 2.07. The minimum absolute atomic E-state index is 0.0133. The van der Waals surface area contributed by atoms with E-state index in [0.717, 1.165) is 13.0 Å². The van der Waals surface area contributed by atoms with Crippen molar-refractivity contribution in [3.63, 3.8) is 0 Å². The van der Waals surface area contributed by atoms with Crippen LogP contribution in [0.3, 0.4) is 0 Å². The summed E-state index contributed by atoms with van der Waals surface area (Å²) in [7, 11) is 3.14. The minimum atomic E-state index is -0.319. The van der Waals surface area contributed by atoms with Crippen LogP contribution in [-0.2, 0) is 4.74 Å². The number of methoxy groups -OCH3 is 2. The van der Waals surface area contributed by atoms with Crippen molar-refractivity contribution in [2.24, 2.45) is 0 Å². The van der Waals surface area contributed by atoms with E-state index in [-0.39, 0.29) is 29.4 Å². The van der Waals surface area contributed by atoms with Gasteiger partial charge in [-0.15, -0.1) is 0 Å². The summed E-state index contributed by atoms with van der Waals surface area (Å²) >= 11 is 0. The molecule has 3 N–H and O–H groups in total. The molecule has 0 saturated carbocycles. The monoisotopic (exact) mass is 280 g/mol. The van der Waals surface area contributed by atoms with E-state index in [4.69, 9.17) is 9.47 Å². The fourth-order valence-corrected chi connectivity index (χ4v) is 2.34. The van der Waals surface area contributed by atoms with Gasteiger partial charge in [-0.1, -0.05) is 0 Å². The molecule has 2 rings (SSSR count). The van der Waals surface area contributed by atoms with Crippen LogP contribution < -0.4 is 15.4 Å². The largest absolute Gasteiger partial charge is 0.507 e. The van der Waals surface area contributed by atoms with Gasteiger partial charge in [0.25, 0.3) is 5.91 Å². The zero-order valence-corrected chi connectivity index (χ0v) is 11.7. The number of aromatic hydroxyl groups is 1. The minimum Gasteiger partial charge on any atom is -0.507 e. The maximum absolute atomic E-state index is 12.2. The standard InChI is InChI=1S/C14H20N2O4/c1-19-9-3-4-10(12(17)7-9)14(18)16-11-8-15-6-5-13(11)20-2/h3-4,7,11,13,15,17H,5-6,8H2,1-2H3,(H,16,18)/t11-,13+/m0/s1. The lowest BCUT2D eigenvalue weighted by Crippen LogP contribution is -2.54. The molecule has 0 bridgehead atoms. The second kappa shape index (κ2) is 6.58. The highest BCUT2D eigenvalue weighted by Crippen LogP contribution is 2.23. The summed E-state index contributed by atoms with van der Waals surface area (Å²) in [5.41, 5.74) is 0.228. The summed E-state index contributed by atoms with van der Waals surface area (Å²) in [6.07, 6.45) is 0.830. The van der Waals surface area contributed by atoms with E-state index in [1.807, 2.05) is 0 Å². The van der Waals surface area contributed by atoms with E-state index < -0.39 is 0 Å². The van der Waals surface area contributed by atoms with Crippen molar-refractivity contribution in [3.8, 4) is 11.5 Å². The van der Waals surface area contributed by atoms with Gasteiger partial charge in [-0.3, -0.25) is 4.79 Å². The van der Waals surface area contributed by atoms with Crippen LogP contribution in [0.2, 0.25) is 0 Å². The van der Waals surface area contributed by atoms with Crippen molar-refractivity contribution in [2.75, 3.05) is 27.3 Å². The third kappa shape index (κ3) is 3.20. The lowest BCUT2D eigenvalue weighted by molar-refractivity contribution is 0.0447. The second-order valence-corrected chi connectivity index (χ2v) is 4.73. The molecule has 6 heteroatoms. The Morgan fingerprint density at radius 2 is 2.25 bits per heavy atom. The summed E-state index contributed by atoms with van der Waals surface area (Å²) in [6.45, 7) is 1.53. The van der Waals surface area contributed by atoms with E-state index in [9.17, 15) is 9.90 Å². The van der Waals surface area contributed by atoms with Crippen molar-refractivity contribution in [2.45, 2.75) is 18.6 Å². The van der Waals surface area contributed by atoms with Gasteiger partial charge in [0.1, 0.15) is 11.5 Å². The topological polar surface area (TPSA) is 79.8 Å². The number of hydrogen-bond donors (Lipinski definition) is 3. The number of rotatable bonds is 4. The molecule has 110 valence electrons. The zero-order valence-electron chi connectivity index (χ0n) is 11.7. The molecule has 0 spiro atoms. The number of benzene rings is 1. The second-order valence-electron chi connectivity index (χ2n) is 4.73. The van der Waals surface area contributed by atoms with Gasteiger partial charge in [0.15, 0.2) is 0 Å². The van der Waals surface area contributed by atoms with E-state index in [1.54, 1.807) is 19.2 Å². The van der Waals surface area contributed by atoms with Gasteiger partial charge in [0, 0.05) is 19.7 Å². The van der Waals surface area contributed by atoms with Crippen LogP contribution in [0.1, 0.15) is 16.8 Å². The normalized spacial score (nSPS) is 22.3. The van der Waals surface area contributed by atoms with Gasteiger partial charge >= 0.3 is 0 Å². The van der Waals surface area contributed by atoms with Crippen molar-refractivity contribution >= 4 is 5.91 Å². The van der Waals surface area contributed by atoms with E-state index >= 15 is 0 Å². The maximum atomic E-state index is 12.2. The van der Waals surface area contributed by atoms with Crippen molar-refractivity contribution < 1.29 is 19.4 Å². The molecule has 0 aromatic heterocycles.